The fourth-order valence-electron chi connectivity index (χ4n) is 2.49. The van der Waals surface area contributed by atoms with Crippen LogP contribution in [0.3, 0.4) is 0 Å². The molecule has 2 aromatic carbocycles. The first-order valence-electron chi connectivity index (χ1n) is 8.67. The maximum atomic E-state index is 12.0. The predicted molar refractivity (Wildman–Crippen MR) is 104 cm³/mol. The highest BCUT2D eigenvalue weighted by molar-refractivity contribution is 5.98. The molecule has 0 aliphatic carbocycles. The molecule has 2 aromatic rings. The number of ketones is 2. The van der Waals surface area contributed by atoms with Crippen LogP contribution in [0.5, 0.6) is 0 Å². The third-order valence-corrected chi connectivity index (χ3v) is 3.91. The molecule has 0 radical (unpaired) electrons. The molecule has 0 heterocycles. The van der Waals surface area contributed by atoms with Gasteiger partial charge in [0.15, 0.2) is 11.6 Å². The maximum Gasteiger partial charge on any atom is 0.224 e. The Labute approximate surface area is 158 Å². The van der Waals surface area contributed by atoms with Crippen LogP contribution >= 0.6 is 0 Å². The largest absolute Gasteiger partial charge is 0.326 e. The van der Waals surface area contributed by atoms with E-state index < -0.39 is 0 Å². The van der Waals surface area contributed by atoms with E-state index in [1.54, 1.807) is 48.5 Å². The van der Waals surface area contributed by atoms with E-state index in [1.165, 1.54) is 13.8 Å². The number of hydrogen-bond donors (Lipinski definition) is 2. The second-order valence-electron chi connectivity index (χ2n) is 6.22. The highest BCUT2D eigenvalue weighted by Gasteiger charge is 2.08. The standard InChI is InChI=1S/C21H22N2O4/c1-14(24)16-6-3-8-18(12-16)22-20(26)10-5-11-21(27)23-19-9-4-7-17(13-19)15(2)25/h3-4,6-9,12-13H,5,10-11H2,1-2H3,(H,22,26)(H,23,27). The normalized spacial score (nSPS) is 10.1. The second-order valence-corrected chi connectivity index (χ2v) is 6.22. The molecule has 0 fully saturated rings. The molecule has 2 amide bonds. The van der Waals surface area contributed by atoms with Crippen LogP contribution in [0, 0.1) is 0 Å². The molecule has 0 aromatic heterocycles. The van der Waals surface area contributed by atoms with Crippen LogP contribution < -0.4 is 10.6 Å². The maximum absolute atomic E-state index is 12.0. The molecular weight excluding hydrogens is 344 g/mol. The number of benzene rings is 2. The Morgan fingerprint density at radius 2 is 1.11 bits per heavy atom. The lowest BCUT2D eigenvalue weighted by Gasteiger charge is -2.08. The van der Waals surface area contributed by atoms with Gasteiger partial charge in [-0.05, 0) is 44.5 Å². The summed E-state index contributed by atoms with van der Waals surface area (Å²) in [5.41, 5.74) is 2.16. The van der Waals surface area contributed by atoms with Crippen molar-refractivity contribution in [2.75, 3.05) is 10.6 Å². The Kier molecular flexibility index (Phi) is 7.00. The minimum Gasteiger partial charge on any atom is -0.326 e. The van der Waals surface area contributed by atoms with Gasteiger partial charge in [-0.3, -0.25) is 19.2 Å². The number of hydrogen-bond acceptors (Lipinski definition) is 4. The van der Waals surface area contributed by atoms with Crippen molar-refractivity contribution in [3.63, 3.8) is 0 Å². The van der Waals surface area contributed by atoms with Gasteiger partial charge in [0.1, 0.15) is 0 Å². The number of carbonyl (C=O) groups excluding carboxylic acids is 4. The number of nitrogens with one attached hydrogen (secondary N) is 2. The van der Waals surface area contributed by atoms with Crippen molar-refractivity contribution < 1.29 is 19.2 Å². The second kappa shape index (κ2) is 9.43. The van der Waals surface area contributed by atoms with Gasteiger partial charge >= 0.3 is 0 Å². The lowest BCUT2D eigenvalue weighted by Crippen LogP contribution is -2.15. The summed E-state index contributed by atoms with van der Waals surface area (Å²) in [6.07, 6.45) is 0.757. The van der Waals surface area contributed by atoms with Crippen LogP contribution in [-0.4, -0.2) is 23.4 Å². The lowest BCUT2D eigenvalue weighted by atomic mass is 10.1. The highest BCUT2D eigenvalue weighted by atomic mass is 16.2. The summed E-state index contributed by atoms with van der Waals surface area (Å²) in [6.45, 7) is 2.93. The Morgan fingerprint density at radius 1 is 0.704 bits per heavy atom. The monoisotopic (exact) mass is 366 g/mol. The van der Waals surface area contributed by atoms with Gasteiger partial charge in [0, 0.05) is 35.3 Å². The van der Waals surface area contributed by atoms with Crippen LogP contribution in [0.15, 0.2) is 48.5 Å². The number of anilines is 2. The van der Waals surface area contributed by atoms with Gasteiger partial charge in [-0.1, -0.05) is 24.3 Å². The average Bonchev–Trinajstić information content (AvgIpc) is 2.62. The van der Waals surface area contributed by atoms with E-state index in [0.717, 1.165) is 0 Å². The molecule has 0 aliphatic rings. The zero-order chi connectivity index (χ0) is 19.8. The molecule has 0 atom stereocenters. The first-order chi connectivity index (χ1) is 12.8. The van der Waals surface area contributed by atoms with Crippen molar-refractivity contribution in [2.45, 2.75) is 33.1 Å². The van der Waals surface area contributed by atoms with Crippen LogP contribution in [0.1, 0.15) is 53.8 Å². The van der Waals surface area contributed by atoms with Gasteiger partial charge in [-0.25, -0.2) is 0 Å². The van der Waals surface area contributed by atoms with Crippen molar-refractivity contribution in [2.24, 2.45) is 0 Å². The Hall–Kier alpha value is -3.28. The van der Waals surface area contributed by atoms with E-state index in [0.29, 0.717) is 28.9 Å². The Bertz CT molecular complexity index is 802. The molecule has 140 valence electrons. The molecule has 0 bridgehead atoms. The predicted octanol–water partition coefficient (Wildman–Crippen LogP) is 3.84. The van der Waals surface area contributed by atoms with Crippen molar-refractivity contribution in [1.29, 1.82) is 0 Å². The fraction of sp³-hybridized carbons (Fsp3) is 0.238. The highest BCUT2D eigenvalue weighted by Crippen LogP contribution is 2.14. The zero-order valence-electron chi connectivity index (χ0n) is 15.4. The summed E-state index contributed by atoms with van der Waals surface area (Å²) < 4.78 is 0. The summed E-state index contributed by atoms with van der Waals surface area (Å²) in [6, 6.07) is 13.4. The Balaban J connectivity index is 1.78. The third kappa shape index (κ3) is 6.51. The third-order valence-electron chi connectivity index (χ3n) is 3.91. The van der Waals surface area contributed by atoms with Gasteiger partial charge in [-0.2, -0.15) is 0 Å². The van der Waals surface area contributed by atoms with Crippen molar-refractivity contribution in [1.82, 2.24) is 0 Å². The summed E-state index contributed by atoms with van der Waals surface area (Å²) >= 11 is 0. The Morgan fingerprint density at radius 3 is 1.48 bits per heavy atom. The fourth-order valence-corrected chi connectivity index (χ4v) is 2.49. The molecule has 0 saturated carbocycles. The zero-order valence-corrected chi connectivity index (χ0v) is 15.4. The molecule has 6 heteroatoms. The summed E-state index contributed by atoms with van der Waals surface area (Å²) in [7, 11) is 0. The topological polar surface area (TPSA) is 92.3 Å². The van der Waals surface area contributed by atoms with E-state index >= 15 is 0 Å². The van der Waals surface area contributed by atoms with Crippen LogP contribution in [0.25, 0.3) is 0 Å². The lowest BCUT2D eigenvalue weighted by molar-refractivity contribution is -0.117. The molecule has 6 nitrogen and oxygen atoms in total. The summed E-state index contributed by atoms with van der Waals surface area (Å²) in [5.74, 6) is -0.586. The number of amides is 2. The van der Waals surface area contributed by atoms with Gasteiger partial charge in [0.25, 0.3) is 0 Å². The number of Topliss-reactive ketones (excluding diaryl/α,β-unsaturated/α-hetero) is 2. The minimum absolute atomic E-state index is 0.0726. The van der Waals surface area contributed by atoms with Gasteiger partial charge < -0.3 is 10.6 Å². The molecule has 2 rings (SSSR count). The molecule has 2 N–H and O–H groups in total. The van der Waals surface area contributed by atoms with Crippen molar-refractivity contribution >= 4 is 34.8 Å². The molecule has 27 heavy (non-hydrogen) atoms. The number of carbonyl (C=O) groups is 4. The van der Waals surface area contributed by atoms with E-state index in [2.05, 4.69) is 10.6 Å². The molecule has 0 aliphatic heterocycles. The van der Waals surface area contributed by atoms with Crippen molar-refractivity contribution in [3.8, 4) is 0 Å². The van der Waals surface area contributed by atoms with Gasteiger partial charge in [-0.15, -0.1) is 0 Å². The minimum atomic E-state index is -0.220. The van der Waals surface area contributed by atoms with Gasteiger partial charge in [0.2, 0.25) is 11.8 Å². The quantitative estimate of drug-likeness (QED) is 0.694. The van der Waals surface area contributed by atoms with Crippen molar-refractivity contribution in [3.05, 3.63) is 59.7 Å². The molecular formula is C21H22N2O4. The van der Waals surface area contributed by atoms with E-state index in [9.17, 15) is 19.2 Å². The average molecular weight is 366 g/mol. The van der Waals surface area contributed by atoms with E-state index in [1.807, 2.05) is 0 Å². The van der Waals surface area contributed by atoms with E-state index in [-0.39, 0.29) is 36.2 Å². The van der Waals surface area contributed by atoms with Crippen LogP contribution in [0.4, 0.5) is 11.4 Å². The first-order valence-corrected chi connectivity index (χ1v) is 8.67. The van der Waals surface area contributed by atoms with E-state index in [4.69, 9.17) is 0 Å². The SMILES string of the molecule is CC(=O)c1cccc(NC(=O)CCCC(=O)Nc2cccc(C(C)=O)c2)c1. The molecule has 0 saturated heterocycles. The molecule has 0 spiro atoms. The smallest absolute Gasteiger partial charge is 0.224 e. The first kappa shape index (κ1) is 20.0. The summed E-state index contributed by atoms with van der Waals surface area (Å²) in [5, 5.41) is 5.44. The summed E-state index contributed by atoms with van der Waals surface area (Å²) in [4.78, 5) is 46.7. The van der Waals surface area contributed by atoms with Gasteiger partial charge in [0.05, 0.1) is 0 Å². The van der Waals surface area contributed by atoms with Crippen LogP contribution in [0.2, 0.25) is 0 Å². The number of rotatable bonds is 8. The van der Waals surface area contributed by atoms with Crippen LogP contribution in [-0.2, 0) is 9.59 Å². The molecule has 0 unspecified atom stereocenters.